The molecule has 1 aromatic heterocycles. The van der Waals surface area contributed by atoms with Crippen molar-refractivity contribution in [3.05, 3.63) is 46.5 Å². The van der Waals surface area contributed by atoms with Crippen LogP contribution in [0.5, 0.6) is 11.6 Å². The molecule has 1 amide bonds. The Balaban J connectivity index is 2.28. The molecule has 0 bridgehead atoms. The number of amides is 1. The molecule has 0 aliphatic rings. The maximum Gasteiger partial charge on any atom is 0.329 e. The number of carbonyl (C=O) groups is 1. The minimum atomic E-state index is -1.05. The first-order valence-corrected chi connectivity index (χ1v) is 7.09. The summed E-state index contributed by atoms with van der Waals surface area (Å²) >= 11 is 0. The number of para-hydroxylation sites is 1. The van der Waals surface area contributed by atoms with Gasteiger partial charge >= 0.3 is 5.69 Å². The molecule has 8 heteroatoms. The van der Waals surface area contributed by atoms with E-state index in [1.807, 2.05) is 6.07 Å². The molecular weight excluding hydrogens is 302 g/mol. The fourth-order valence-electron chi connectivity index (χ4n) is 2.30. The summed E-state index contributed by atoms with van der Waals surface area (Å²) in [4.78, 5) is 26.3. The van der Waals surface area contributed by atoms with Gasteiger partial charge in [-0.05, 0) is 18.1 Å². The van der Waals surface area contributed by atoms with Gasteiger partial charge in [0.2, 0.25) is 5.88 Å². The number of ether oxygens (including phenoxy) is 1. The Morgan fingerprint density at radius 2 is 2.00 bits per heavy atom. The van der Waals surface area contributed by atoms with Crippen molar-refractivity contribution in [2.45, 2.75) is 26.5 Å². The van der Waals surface area contributed by atoms with Gasteiger partial charge in [-0.1, -0.05) is 32.0 Å². The maximum atomic E-state index is 12.1. The quantitative estimate of drug-likeness (QED) is 0.470. The number of imidazole rings is 1. The van der Waals surface area contributed by atoms with Crippen LogP contribution in [0.2, 0.25) is 0 Å². The molecule has 1 unspecified atom stereocenters. The van der Waals surface area contributed by atoms with Gasteiger partial charge < -0.3 is 14.8 Å². The molecule has 0 fully saturated rings. The molecular formula is C15H19N3O5. The molecule has 23 heavy (non-hydrogen) atoms. The van der Waals surface area contributed by atoms with E-state index in [2.05, 4.69) is 4.98 Å². The number of H-pyrrole nitrogens is 1. The topological polar surface area (TPSA) is 117 Å². The van der Waals surface area contributed by atoms with Gasteiger partial charge in [0.25, 0.3) is 5.91 Å². The number of carbonyl (C=O) groups excluding carboxylic acids is 1. The summed E-state index contributed by atoms with van der Waals surface area (Å²) in [5.41, 5.74) is 1.00. The molecule has 4 N–H and O–H groups in total. The van der Waals surface area contributed by atoms with E-state index in [0.29, 0.717) is 5.75 Å². The van der Waals surface area contributed by atoms with Crippen molar-refractivity contribution in [1.29, 1.82) is 0 Å². The van der Waals surface area contributed by atoms with Crippen LogP contribution in [0.15, 0.2) is 35.1 Å². The Hall–Kier alpha value is -2.74. The smallest absolute Gasteiger partial charge is 0.329 e. The van der Waals surface area contributed by atoms with E-state index in [4.69, 9.17) is 9.94 Å². The van der Waals surface area contributed by atoms with Crippen LogP contribution in [-0.4, -0.2) is 25.8 Å². The van der Waals surface area contributed by atoms with Crippen LogP contribution in [0.4, 0.5) is 0 Å². The molecule has 0 radical (unpaired) electrons. The van der Waals surface area contributed by atoms with Gasteiger partial charge in [-0.25, -0.2) is 14.8 Å². The van der Waals surface area contributed by atoms with Crippen LogP contribution >= 0.6 is 0 Å². The summed E-state index contributed by atoms with van der Waals surface area (Å²) in [6.45, 7) is 3.32. The summed E-state index contributed by atoms with van der Waals surface area (Å²) in [6.07, 6.45) is 0. The van der Waals surface area contributed by atoms with E-state index in [-0.39, 0.29) is 18.2 Å². The van der Waals surface area contributed by atoms with E-state index in [0.717, 1.165) is 4.57 Å². The fraction of sp³-hybridized carbons (Fsp3) is 0.333. The van der Waals surface area contributed by atoms with E-state index < -0.39 is 23.5 Å². The van der Waals surface area contributed by atoms with Gasteiger partial charge in [-0.15, -0.1) is 0 Å². The molecule has 0 saturated heterocycles. The predicted octanol–water partition coefficient (Wildman–Crippen LogP) is 1.16. The average molecular weight is 321 g/mol. The second-order valence-electron chi connectivity index (χ2n) is 5.37. The Morgan fingerprint density at radius 1 is 1.35 bits per heavy atom. The van der Waals surface area contributed by atoms with Crippen molar-refractivity contribution >= 4 is 5.91 Å². The number of hydrogen-bond acceptors (Lipinski definition) is 5. The Kier molecular flexibility index (Phi) is 5.07. The Bertz CT molecular complexity index is 720. The van der Waals surface area contributed by atoms with Gasteiger partial charge in [0.15, 0.2) is 0 Å². The molecule has 124 valence electrons. The number of hydroxylamine groups is 1. The minimum Gasteiger partial charge on any atom is -0.493 e. The average Bonchev–Trinajstić information content (AvgIpc) is 2.81. The first-order valence-electron chi connectivity index (χ1n) is 7.09. The summed E-state index contributed by atoms with van der Waals surface area (Å²) < 4.78 is 6.38. The highest BCUT2D eigenvalue weighted by molar-refractivity contribution is 5.79. The molecule has 0 aliphatic heterocycles. The number of nitrogens with one attached hydrogen (secondary N) is 2. The summed E-state index contributed by atoms with van der Waals surface area (Å²) in [7, 11) is 0. The molecule has 0 saturated carbocycles. The number of hydrogen-bond donors (Lipinski definition) is 4. The molecule has 0 aliphatic carbocycles. The van der Waals surface area contributed by atoms with Crippen molar-refractivity contribution in [2.24, 2.45) is 5.92 Å². The summed E-state index contributed by atoms with van der Waals surface area (Å²) in [6, 6.07) is 7.86. The number of aromatic hydroxyl groups is 1. The van der Waals surface area contributed by atoms with Crippen molar-refractivity contribution in [2.75, 3.05) is 0 Å². The molecule has 0 spiro atoms. The number of aromatic nitrogens is 2. The van der Waals surface area contributed by atoms with Gasteiger partial charge in [-0.2, -0.15) is 0 Å². The predicted molar refractivity (Wildman–Crippen MR) is 81.3 cm³/mol. The maximum absolute atomic E-state index is 12.1. The molecule has 1 aromatic carbocycles. The largest absolute Gasteiger partial charge is 0.493 e. The standard InChI is InChI=1S/C15H19N3O5/c1-9(2)12(13(19)17-22)18-14(20)11(16-15(18)21)8-23-10-6-4-3-5-7-10/h3-7,9,12,20,22H,8H2,1-2H3,(H,16,21)(H,17,19). The van der Waals surface area contributed by atoms with Crippen LogP contribution in [-0.2, 0) is 11.4 Å². The van der Waals surface area contributed by atoms with Crippen LogP contribution in [0.25, 0.3) is 0 Å². The number of benzene rings is 1. The van der Waals surface area contributed by atoms with Gasteiger partial charge in [0.1, 0.15) is 24.1 Å². The van der Waals surface area contributed by atoms with Gasteiger partial charge in [-0.3, -0.25) is 10.0 Å². The third-order valence-corrected chi connectivity index (χ3v) is 3.39. The first-order chi connectivity index (χ1) is 11.0. The van der Waals surface area contributed by atoms with Crippen molar-refractivity contribution < 1.29 is 19.8 Å². The van der Waals surface area contributed by atoms with Crippen LogP contribution in [0.1, 0.15) is 25.6 Å². The van der Waals surface area contributed by atoms with Crippen LogP contribution < -0.4 is 15.9 Å². The van der Waals surface area contributed by atoms with Crippen LogP contribution in [0, 0.1) is 5.92 Å². The number of nitrogens with zero attached hydrogens (tertiary/aromatic N) is 1. The summed E-state index contributed by atoms with van der Waals surface area (Å²) in [5, 5.41) is 19.1. The van der Waals surface area contributed by atoms with Crippen molar-refractivity contribution in [1.82, 2.24) is 15.0 Å². The second-order valence-corrected chi connectivity index (χ2v) is 5.37. The van der Waals surface area contributed by atoms with Gasteiger partial charge in [0, 0.05) is 0 Å². The fourth-order valence-corrected chi connectivity index (χ4v) is 2.30. The SMILES string of the molecule is CC(C)C(C(=O)NO)n1c(O)c(COc2ccccc2)[nH]c1=O. The third kappa shape index (κ3) is 3.54. The highest BCUT2D eigenvalue weighted by Gasteiger charge is 2.29. The number of aromatic amines is 1. The zero-order chi connectivity index (χ0) is 17.0. The lowest BCUT2D eigenvalue weighted by atomic mass is 10.0. The van der Waals surface area contributed by atoms with E-state index in [1.165, 1.54) is 5.48 Å². The summed E-state index contributed by atoms with van der Waals surface area (Å²) in [5.74, 6) is -0.932. The highest BCUT2D eigenvalue weighted by atomic mass is 16.5. The molecule has 1 heterocycles. The monoisotopic (exact) mass is 321 g/mol. The van der Waals surface area contributed by atoms with Gasteiger partial charge in [0.05, 0.1) is 0 Å². The lowest BCUT2D eigenvalue weighted by Gasteiger charge is -2.19. The Morgan fingerprint density at radius 3 is 2.57 bits per heavy atom. The minimum absolute atomic E-state index is 0.0658. The second kappa shape index (κ2) is 7.01. The van der Waals surface area contributed by atoms with E-state index in [1.54, 1.807) is 38.1 Å². The van der Waals surface area contributed by atoms with Crippen molar-refractivity contribution in [3.63, 3.8) is 0 Å². The normalized spacial score (nSPS) is 12.2. The highest BCUT2D eigenvalue weighted by Crippen LogP contribution is 2.24. The number of rotatable bonds is 6. The lowest BCUT2D eigenvalue weighted by molar-refractivity contribution is -0.134. The molecule has 2 aromatic rings. The third-order valence-electron chi connectivity index (χ3n) is 3.39. The lowest BCUT2D eigenvalue weighted by Crippen LogP contribution is -2.37. The Labute approximate surface area is 132 Å². The zero-order valence-electron chi connectivity index (χ0n) is 12.8. The first kappa shape index (κ1) is 16.6. The molecule has 2 rings (SSSR count). The van der Waals surface area contributed by atoms with E-state index in [9.17, 15) is 14.7 Å². The van der Waals surface area contributed by atoms with E-state index >= 15 is 0 Å². The molecule has 1 atom stereocenters. The van der Waals surface area contributed by atoms with Crippen LogP contribution in [0.3, 0.4) is 0 Å². The molecule has 8 nitrogen and oxygen atoms in total. The van der Waals surface area contributed by atoms with Crippen molar-refractivity contribution in [3.8, 4) is 11.6 Å². The zero-order valence-corrected chi connectivity index (χ0v) is 12.8.